The van der Waals surface area contributed by atoms with Crippen LogP contribution in [0.25, 0.3) is 0 Å². The molecule has 19 heavy (non-hydrogen) atoms. The van der Waals surface area contributed by atoms with Crippen molar-refractivity contribution < 1.29 is 4.42 Å². The second-order valence-corrected chi connectivity index (χ2v) is 6.84. The van der Waals surface area contributed by atoms with Crippen LogP contribution in [0.5, 0.6) is 0 Å². The molecule has 102 valence electrons. The first kappa shape index (κ1) is 13.2. The standard InChI is InChI=1S/C14H17ClN2OS/c1-8-7-16-14(18-8)9(2)17-11-4-3-5-12-10(11)6-13(15)19-12/h6-7,9,11,17H,3-5H2,1-2H3. The monoisotopic (exact) mass is 296 g/mol. The molecule has 0 aromatic carbocycles. The highest BCUT2D eigenvalue weighted by Crippen LogP contribution is 2.38. The Morgan fingerprint density at radius 1 is 1.58 bits per heavy atom. The second-order valence-electron chi connectivity index (χ2n) is 5.07. The zero-order valence-electron chi connectivity index (χ0n) is 11.1. The lowest BCUT2D eigenvalue weighted by Gasteiger charge is -2.26. The molecule has 0 spiro atoms. The first-order valence-electron chi connectivity index (χ1n) is 6.60. The van der Waals surface area contributed by atoms with E-state index in [1.165, 1.54) is 16.9 Å². The van der Waals surface area contributed by atoms with Crippen LogP contribution in [0.4, 0.5) is 0 Å². The summed E-state index contributed by atoms with van der Waals surface area (Å²) >= 11 is 7.84. The highest BCUT2D eigenvalue weighted by molar-refractivity contribution is 7.16. The normalized spacial score (nSPS) is 20.3. The first-order chi connectivity index (χ1) is 9.13. The number of rotatable bonds is 3. The average molecular weight is 297 g/mol. The maximum Gasteiger partial charge on any atom is 0.211 e. The number of hydrogen-bond donors (Lipinski definition) is 1. The number of aromatic nitrogens is 1. The van der Waals surface area contributed by atoms with Crippen molar-refractivity contribution in [3.63, 3.8) is 0 Å². The number of hydrogen-bond acceptors (Lipinski definition) is 4. The third kappa shape index (κ3) is 2.71. The molecule has 0 amide bonds. The molecule has 1 aliphatic rings. The van der Waals surface area contributed by atoms with Crippen LogP contribution in [0.1, 0.15) is 53.9 Å². The summed E-state index contributed by atoms with van der Waals surface area (Å²) < 4.78 is 6.47. The molecule has 0 saturated heterocycles. The van der Waals surface area contributed by atoms with Gasteiger partial charge in [-0.15, -0.1) is 11.3 Å². The predicted octanol–water partition coefficient (Wildman–Crippen LogP) is 4.43. The van der Waals surface area contributed by atoms with Gasteiger partial charge in [-0.05, 0) is 44.7 Å². The number of fused-ring (bicyclic) bond motifs is 1. The van der Waals surface area contributed by atoms with Crippen molar-refractivity contribution in [2.24, 2.45) is 0 Å². The number of oxazole rings is 1. The number of halogens is 1. The third-order valence-corrected chi connectivity index (χ3v) is 4.88. The van der Waals surface area contributed by atoms with Gasteiger partial charge in [0.25, 0.3) is 0 Å². The Kier molecular flexibility index (Phi) is 3.65. The second kappa shape index (κ2) is 5.27. The van der Waals surface area contributed by atoms with Crippen molar-refractivity contribution in [1.82, 2.24) is 10.3 Å². The van der Waals surface area contributed by atoms with E-state index in [2.05, 4.69) is 23.3 Å². The molecule has 3 nitrogen and oxygen atoms in total. The van der Waals surface area contributed by atoms with Crippen molar-refractivity contribution >= 4 is 22.9 Å². The van der Waals surface area contributed by atoms with Gasteiger partial charge in [0.05, 0.1) is 16.6 Å². The molecule has 2 aromatic heterocycles. The quantitative estimate of drug-likeness (QED) is 0.911. The Morgan fingerprint density at radius 3 is 3.16 bits per heavy atom. The zero-order valence-corrected chi connectivity index (χ0v) is 12.6. The first-order valence-corrected chi connectivity index (χ1v) is 7.79. The summed E-state index contributed by atoms with van der Waals surface area (Å²) in [5.41, 5.74) is 1.36. The van der Waals surface area contributed by atoms with E-state index in [4.69, 9.17) is 16.0 Å². The fourth-order valence-corrected chi connectivity index (χ4v) is 4.02. The van der Waals surface area contributed by atoms with Crippen LogP contribution in [0, 0.1) is 6.92 Å². The lowest BCUT2D eigenvalue weighted by atomic mass is 9.93. The highest BCUT2D eigenvalue weighted by Gasteiger charge is 2.25. The van der Waals surface area contributed by atoms with Gasteiger partial charge in [0.1, 0.15) is 5.76 Å². The predicted molar refractivity (Wildman–Crippen MR) is 77.8 cm³/mol. The molecule has 1 aliphatic carbocycles. The Balaban J connectivity index is 1.77. The van der Waals surface area contributed by atoms with Gasteiger partial charge in [0.15, 0.2) is 0 Å². The summed E-state index contributed by atoms with van der Waals surface area (Å²) in [6, 6.07) is 2.57. The summed E-state index contributed by atoms with van der Waals surface area (Å²) in [5, 5.41) is 3.61. The van der Waals surface area contributed by atoms with Crippen molar-refractivity contribution in [1.29, 1.82) is 0 Å². The molecule has 0 saturated carbocycles. The molecule has 2 atom stereocenters. The van der Waals surface area contributed by atoms with Gasteiger partial charge < -0.3 is 4.42 Å². The maximum atomic E-state index is 6.13. The smallest absolute Gasteiger partial charge is 0.211 e. The van der Waals surface area contributed by atoms with Crippen LogP contribution >= 0.6 is 22.9 Å². The van der Waals surface area contributed by atoms with E-state index in [-0.39, 0.29) is 6.04 Å². The molecule has 2 unspecified atom stereocenters. The Hall–Kier alpha value is -0.840. The Morgan fingerprint density at radius 2 is 2.42 bits per heavy atom. The van der Waals surface area contributed by atoms with Gasteiger partial charge in [0, 0.05) is 10.9 Å². The van der Waals surface area contributed by atoms with Gasteiger partial charge in [-0.1, -0.05) is 11.6 Å². The van der Waals surface area contributed by atoms with Crippen molar-refractivity contribution in [3.05, 3.63) is 38.7 Å². The molecule has 0 fully saturated rings. The Bertz CT molecular complexity index is 578. The Labute approximate surface area is 122 Å². The zero-order chi connectivity index (χ0) is 13.4. The topological polar surface area (TPSA) is 38.1 Å². The summed E-state index contributed by atoms with van der Waals surface area (Å²) in [6.45, 7) is 4.01. The van der Waals surface area contributed by atoms with E-state index in [0.29, 0.717) is 6.04 Å². The molecule has 2 aromatic rings. The molecular weight excluding hydrogens is 280 g/mol. The number of nitrogens with zero attached hydrogens (tertiary/aromatic N) is 1. The van der Waals surface area contributed by atoms with Gasteiger partial charge >= 0.3 is 0 Å². The fraction of sp³-hybridized carbons (Fsp3) is 0.500. The number of thiophene rings is 1. The molecule has 3 rings (SSSR count). The summed E-state index contributed by atoms with van der Waals surface area (Å²) in [7, 11) is 0. The van der Waals surface area contributed by atoms with Crippen LogP contribution in [-0.2, 0) is 6.42 Å². The average Bonchev–Trinajstić information content (AvgIpc) is 2.95. The summed E-state index contributed by atoms with van der Waals surface area (Å²) in [6.07, 6.45) is 5.27. The fourth-order valence-electron chi connectivity index (χ4n) is 2.64. The minimum Gasteiger partial charge on any atom is -0.444 e. The molecule has 1 N–H and O–H groups in total. The van der Waals surface area contributed by atoms with Crippen LogP contribution in [0.2, 0.25) is 4.34 Å². The van der Waals surface area contributed by atoms with E-state index >= 15 is 0 Å². The van der Waals surface area contributed by atoms with E-state index in [9.17, 15) is 0 Å². The van der Waals surface area contributed by atoms with Crippen molar-refractivity contribution in [2.75, 3.05) is 0 Å². The number of aryl methyl sites for hydroxylation is 2. The van der Waals surface area contributed by atoms with Crippen molar-refractivity contribution in [2.45, 2.75) is 45.2 Å². The lowest BCUT2D eigenvalue weighted by Crippen LogP contribution is -2.27. The highest BCUT2D eigenvalue weighted by atomic mass is 35.5. The molecule has 0 aliphatic heterocycles. The third-order valence-electron chi connectivity index (χ3n) is 3.54. The van der Waals surface area contributed by atoms with Crippen LogP contribution < -0.4 is 5.32 Å². The summed E-state index contributed by atoms with van der Waals surface area (Å²) in [4.78, 5) is 5.71. The SMILES string of the molecule is Cc1cnc(C(C)NC2CCCc3sc(Cl)cc32)o1. The van der Waals surface area contributed by atoms with Gasteiger partial charge in [0.2, 0.25) is 5.89 Å². The van der Waals surface area contributed by atoms with Gasteiger partial charge in [-0.3, -0.25) is 5.32 Å². The van der Waals surface area contributed by atoms with Crippen LogP contribution in [0.3, 0.4) is 0 Å². The molecule has 5 heteroatoms. The van der Waals surface area contributed by atoms with Crippen LogP contribution in [0.15, 0.2) is 16.7 Å². The molecule has 0 bridgehead atoms. The van der Waals surface area contributed by atoms with Gasteiger partial charge in [-0.25, -0.2) is 4.98 Å². The number of nitrogens with one attached hydrogen (secondary N) is 1. The van der Waals surface area contributed by atoms with Gasteiger partial charge in [-0.2, -0.15) is 0 Å². The van der Waals surface area contributed by atoms with Crippen molar-refractivity contribution in [3.8, 4) is 0 Å². The van der Waals surface area contributed by atoms with Crippen LogP contribution in [-0.4, -0.2) is 4.98 Å². The summed E-state index contributed by atoms with van der Waals surface area (Å²) in [5.74, 6) is 1.61. The largest absolute Gasteiger partial charge is 0.444 e. The lowest BCUT2D eigenvalue weighted by molar-refractivity contribution is 0.353. The molecule has 2 heterocycles. The maximum absolute atomic E-state index is 6.13. The van der Waals surface area contributed by atoms with E-state index in [1.54, 1.807) is 17.5 Å². The molecular formula is C14H17ClN2OS. The molecule has 0 radical (unpaired) electrons. The van der Waals surface area contributed by atoms with E-state index < -0.39 is 0 Å². The minimum absolute atomic E-state index is 0.114. The van der Waals surface area contributed by atoms with E-state index in [1.807, 2.05) is 6.92 Å². The van der Waals surface area contributed by atoms with E-state index in [0.717, 1.165) is 28.8 Å². The minimum atomic E-state index is 0.114.